The van der Waals surface area contributed by atoms with E-state index in [4.69, 9.17) is 0 Å². The van der Waals surface area contributed by atoms with Gasteiger partial charge in [0.2, 0.25) is 5.91 Å². The number of thioether (sulfide) groups is 1. The van der Waals surface area contributed by atoms with E-state index < -0.39 is 0 Å². The molecular weight excluding hydrogens is 422 g/mol. The van der Waals surface area contributed by atoms with E-state index in [1.54, 1.807) is 29.3 Å². The molecule has 1 aromatic carbocycles. The summed E-state index contributed by atoms with van der Waals surface area (Å²) in [6.45, 7) is 8.26. The molecule has 4 aromatic rings. The molecule has 0 saturated heterocycles. The molecule has 0 bridgehead atoms. The van der Waals surface area contributed by atoms with Crippen LogP contribution in [-0.2, 0) is 10.2 Å². The molecule has 0 fully saturated rings. The van der Waals surface area contributed by atoms with Crippen LogP contribution in [0.1, 0.15) is 32.0 Å². The number of aryl methyl sites for hydroxylation is 1. The minimum atomic E-state index is -0.188. The molecule has 9 heteroatoms. The predicted octanol–water partition coefficient (Wildman–Crippen LogP) is 4.18. The third kappa shape index (κ3) is 4.72. The number of hydrogen-bond acceptors (Lipinski definition) is 6. The zero-order chi connectivity index (χ0) is 22.7. The molecule has 0 radical (unpaired) electrons. The number of carbonyl (C=O) groups excluding carboxylic acids is 1. The quantitative estimate of drug-likeness (QED) is 0.446. The van der Waals surface area contributed by atoms with E-state index in [9.17, 15) is 4.79 Å². The summed E-state index contributed by atoms with van der Waals surface area (Å²) in [6.07, 6.45) is 6.94. The van der Waals surface area contributed by atoms with Crippen molar-refractivity contribution in [3.63, 3.8) is 0 Å². The highest BCUT2D eigenvalue weighted by atomic mass is 32.2. The molecule has 164 valence electrons. The Labute approximate surface area is 191 Å². The maximum Gasteiger partial charge on any atom is 0.252 e. The molecule has 0 atom stereocenters. The van der Waals surface area contributed by atoms with Crippen LogP contribution in [-0.4, -0.2) is 41.0 Å². The average molecular weight is 448 g/mol. The van der Waals surface area contributed by atoms with Gasteiger partial charge < -0.3 is 5.32 Å². The normalized spacial score (nSPS) is 11.5. The number of nitrogens with zero attached hydrogens (tertiary/aromatic N) is 6. The number of hydrogen-bond donors (Lipinski definition) is 1. The van der Waals surface area contributed by atoms with E-state index in [1.807, 2.05) is 35.0 Å². The van der Waals surface area contributed by atoms with Crippen LogP contribution in [0.25, 0.3) is 11.6 Å². The number of benzene rings is 1. The summed E-state index contributed by atoms with van der Waals surface area (Å²) in [7, 11) is 0. The molecule has 8 nitrogen and oxygen atoms in total. The molecular formula is C23H25N7OS. The number of carbonyl (C=O) groups is 1. The topological polar surface area (TPSA) is 90.5 Å². The summed E-state index contributed by atoms with van der Waals surface area (Å²) >= 11 is 1.38. The molecule has 0 aliphatic carbocycles. The fourth-order valence-corrected chi connectivity index (χ4v) is 3.88. The molecule has 0 aliphatic rings. The molecule has 0 unspecified atom stereocenters. The van der Waals surface area contributed by atoms with Gasteiger partial charge in [-0.1, -0.05) is 50.7 Å². The Morgan fingerprint density at radius 1 is 1.06 bits per heavy atom. The van der Waals surface area contributed by atoms with E-state index in [-0.39, 0.29) is 17.1 Å². The highest BCUT2D eigenvalue weighted by Gasteiger charge is 2.22. The number of aromatic nitrogens is 6. The molecule has 0 saturated carbocycles. The van der Waals surface area contributed by atoms with Gasteiger partial charge in [0.15, 0.2) is 5.16 Å². The van der Waals surface area contributed by atoms with Gasteiger partial charge in [-0.05, 0) is 24.6 Å². The Morgan fingerprint density at radius 3 is 2.53 bits per heavy atom. The highest BCUT2D eigenvalue weighted by molar-refractivity contribution is 7.99. The first-order chi connectivity index (χ1) is 15.3. The van der Waals surface area contributed by atoms with Crippen molar-refractivity contribution in [2.75, 3.05) is 11.1 Å². The first kappa shape index (κ1) is 21.8. The van der Waals surface area contributed by atoms with Gasteiger partial charge in [0, 0.05) is 36.3 Å². The standard InChI is InChI=1S/C23H25N7OS/c1-16-8-5-6-9-17(16)29-13-12-26-22(29)32-15-20(31)27-19-14-18(23(2,3)4)28-30(19)21-24-10-7-11-25-21/h5-14H,15H2,1-4H3,(H,27,31). The highest BCUT2D eigenvalue weighted by Crippen LogP contribution is 2.26. The third-order valence-electron chi connectivity index (χ3n) is 4.80. The van der Waals surface area contributed by atoms with Crippen molar-refractivity contribution in [1.82, 2.24) is 29.3 Å². The van der Waals surface area contributed by atoms with E-state index in [1.165, 1.54) is 11.8 Å². The molecule has 3 heterocycles. The molecule has 3 aromatic heterocycles. The molecule has 1 N–H and O–H groups in total. The lowest BCUT2D eigenvalue weighted by atomic mass is 9.92. The number of rotatable bonds is 6. The first-order valence-corrected chi connectivity index (χ1v) is 11.2. The molecule has 4 rings (SSSR count). The minimum absolute atomic E-state index is 0.160. The van der Waals surface area contributed by atoms with Gasteiger partial charge in [-0.15, -0.1) is 0 Å². The molecule has 32 heavy (non-hydrogen) atoms. The summed E-state index contributed by atoms with van der Waals surface area (Å²) in [6, 6.07) is 11.7. The Bertz CT molecular complexity index is 1220. The monoisotopic (exact) mass is 447 g/mol. The van der Waals surface area contributed by atoms with Gasteiger partial charge in [0.05, 0.1) is 17.1 Å². The van der Waals surface area contributed by atoms with Gasteiger partial charge in [-0.25, -0.2) is 15.0 Å². The molecule has 0 spiro atoms. The minimum Gasteiger partial charge on any atom is -0.310 e. The Kier molecular flexibility index (Phi) is 6.09. The summed E-state index contributed by atoms with van der Waals surface area (Å²) in [5.74, 6) is 0.982. The fraction of sp³-hybridized carbons (Fsp3) is 0.261. The maximum atomic E-state index is 12.8. The van der Waals surface area contributed by atoms with Crippen molar-refractivity contribution < 1.29 is 4.79 Å². The lowest BCUT2D eigenvalue weighted by molar-refractivity contribution is -0.113. The lowest BCUT2D eigenvalue weighted by Crippen LogP contribution is -2.18. The summed E-state index contributed by atoms with van der Waals surface area (Å²) in [5.41, 5.74) is 2.83. The Hall–Kier alpha value is -3.46. The van der Waals surface area contributed by atoms with Crippen LogP contribution in [0.5, 0.6) is 0 Å². The number of nitrogens with one attached hydrogen (secondary N) is 1. The van der Waals surface area contributed by atoms with E-state index >= 15 is 0 Å². The smallest absolute Gasteiger partial charge is 0.252 e. The van der Waals surface area contributed by atoms with Gasteiger partial charge in [0.25, 0.3) is 5.95 Å². The van der Waals surface area contributed by atoms with Crippen LogP contribution >= 0.6 is 11.8 Å². The zero-order valence-electron chi connectivity index (χ0n) is 18.5. The fourth-order valence-electron chi connectivity index (χ4n) is 3.11. The number of imidazole rings is 1. The van der Waals surface area contributed by atoms with Gasteiger partial charge in [-0.3, -0.25) is 9.36 Å². The zero-order valence-corrected chi connectivity index (χ0v) is 19.3. The second-order valence-electron chi connectivity index (χ2n) is 8.33. The van der Waals surface area contributed by atoms with Crippen LogP contribution < -0.4 is 5.32 Å². The average Bonchev–Trinajstić information content (AvgIpc) is 3.40. The Balaban J connectivity index is 1.52. The van der Waals surface area contributed by atoms with E-state index in [0.717, 1.165) is 22.1 Å². The van der Waals surface area contributed by atoms with Crippen molar-refractivity contribution in [3.05, 3.63) is 72.4 Å². The van der Waals surface area contributed by atoms with Gasteiger partial charge >= 0.3 is 0 Å². The second kappa shape index (κ2) is 8.96. The SMILES string of the molecule is Cc1ccccc1-n1ccnc1SCC(=O)Nc1cc(C(C)(C)C)nn1-c1ncccn1. The van der Waals surface area contributed by atoms with Crippen molar-refractivity contribution >= 4 is 23.5 Å². The van der Waals surface area contributed by atoms with Crippen molar-refractivity contribution in [3.8, 4) is 11.6 Å². The van der Waals surface area contributed by atoms with Crippen LogP contribution in [0.4, 0.5) is 5.82 Å². The Morgan fingerprint density at radius 2 is 1.81 bits per heavy atom. The van der Waals surface area contributed by atoms with Crippen molar-refractivity contribution in [2.45, 2.75) is 38.3 Å². The number of para-hydroxylation sites is 1. The molecule has 1 amide bonds. The third-order valence-corrected chi connectivity index (χ3v) is 5.77. The van der Waals surface area contributed by atoms with Crippen LogP contribution in [0.15, 0.2) is 66.3 Å². The van der Waals surface area contributed by atoms with Crippen molar-refractivity contribution in [2.24, 2.45) is 0 Å². The number of amides is 1. The van der Waals surface area contributed by atoms with Gasteiger partial charge in [-0.2, -0.15) is 9.78 Å². The van der Waals surface area contributed by atoms with Crippen LogP contribution in [0.2, 0.25) is 0 Å². The summed E-state index contributed by atoms with van der Waals surface area (Å²) in [5, 5.41) is 8.34. The van der Waals surface area contributed by atoms with Crippen molar-refractivity contribution in [1.29, 1.82) is 0 Å². The van der Waals surface area contributed by atoms with Crippen LogP contribution in [0, 0.1) is 6.92 Å². The van der Waals surface area contributed by atoms with E-state index in [0.29, 0.717) is 11.8 Å². The molecule has 0 aliphatic heterocycles. The second-order valence-corrected chi connectivity index (χ2v) is 9.27. The maximum absolute atomic E-state index is 12.8. The number of anilines is 1. The first-order valence-electron chi connectivity index (χ1n) is 10.2. The summed E-state index contributed by atoms with van der Waals surface area (Å²) in [4.78, 5) is 25.8. The van der Waals surface area contributed by atoms with Crippen LogP contribution in [0.3, 0.4) is 0 Å². The predicted molar refractivity (Wildman–Crippen MR) is 126 cm³/mol. The van der Waals surface area contributed by atoms with E-state index in [2.05, 4.69) is 59.1 Å². The lowest BCUT2D eigenvalue weighted by Gasteiger charge is -2.13. The van der Waals surface area contributed by atoms with Gasteiger partial charge in [0.1, 0.15) is 5.82 Å². The summed E-state index contributed by atoms with van der Waals surface area (Å²) < 4.78 is 3.56. The largest absolute Gasteiger partial charge is 0.310 e.